The molecule has 0 aliphatic heterocycles. The van der Waals surface area contributed by atoms with Crippen molar-refractivity contribution < 1.29 is 9.59 Å². The van der Waals surface area contributed by atoms with Crippen LogP contribution in [-0.2, 0) is 9.59 Å². The van der Waals surface area contributed by atoms with Crippen molar-refractivity contribution in [3.8, 4) is 0 Å². The van der Waals surface area contributed by atoms with Crippen LogP contribution in [0.15, 0.2) is 32.9 Å². The van der Waals surface area contributed by atoms with Gasteiger partial charge in [-0.25, -0.2) is 0 Å². The molecule has 6 nitrogen and oxygen atoms in total. The third-order valence-corrected chi connectivity index (χ3v) is 6.00. The molecule has 1 atom stereocenters. The fourth-order valence-electron chi connectivity index (χ4n) is 1.42. The Hall–Kier alpha value is -1.29. The van der Waals surface area contributed by atoms with Gasteiger partial charge in [-0.15, -0.1) is 10.2 Å². The first-order chi connectivity index (χ1) is 10.9. The van der Waals surface area contributed by atoms with Crippen LogP contribution in [0, 0.1) is 0 Å². The molecule has 0 fully saturated rings. The summed E-state index contributed by atoms with van der Waals surface area (Å²) in [4.78, 5) is 22.9. The van der Waals surface area contributed by atoms with Crippen molar-refractivity contribution in [2.75, 3.05) is 11.1 Å². The van der Waals surface area contributed by atoms with Crippen LogP contribution in [0.3, 0.4) is 0 Å². The molecule has 2 aromatic rings. The van der Waals surface area contributed by atoms with Crippen molar-refractivity contribution in [2.45, 2.75) is 20.9 Å². The Labute approximate surface area is 150 Å². The van der Waals surface area contributed by atoms with E-state index in [1.165, 1.54) is 34.9 Å². The van der Waals surface area contributed by atoms with Gasteiger partial charge in [0.15, 0.2) is 8.68 Å². The average molecular weight is 389 g/mol. The van der Waals surface area contributed by atoms with E-state index in [9.17, 15) is 9.59 Å². The molecular weight excluding hydrogens is 376 g/mol. The summed E-state index contributed by atoms with van der Waals surface area (Å²) in [6, 6.07) is 6.90. The average Bonchev–Trinajstić information content (AvgIpc) is 2.95. The molecule has 0 aliphatic rings. The summed E-state index contributed by atoms with van der Waals surface area (Å²) in [6.45, 7) is 1.79. The van der Waals surface area contributed by atoms with Crippen LogP contribution in [0.2, 0.25) is 5.02 Å². The third-order valence-electron chi connectivity index (χ3n) is 2.48. The summed E-state index contributed by atoms with van der Waals surface area (Å²) in [7, 11) is 0. The monoisotopic (exact) mass is 388 g/mol. The summed E-state index contributed by atoms with van der Waals surface area (Å²) >= 11 is 9.67. The fraction of sp³-hybridized carbons (Fsp3) is 0.231. The first kappa shape index (κ1) is 18.1. The minimum absolute atomic E-state index is 0.140. The van der Waals surface area contributed by atoms with Gasteiger partial charge in [0.2, 0.25) is 11.8 Å². The van der Waals surface area contributed by atoms with E-state index in [-0.39, 0.29) is 16.9 Å². The number of carbonyl (C=O) groups is 2. The molecule has 0 aliphatic carbocycles. The predicted molar refractivity (Wildman–Crippen MR) is 95.2 cm³/mol. The van der Waals surface area contributed by atoms with Gasteiger partial charge in [-0.05, 0) is 31.2 Å². The molecular formula is C13H13ClN4O2S3. The second-order valence-corrected chi connectivity index (χ2v) is 8.57. The van der Waals surface area contributed by atoms with Crippen molar-refractivity contribution in [3.05, 3.63) is 29.3 Å². The summed E-state index contributed by atoms with van der Waals surface area (Å²) in [5, 5.41) is 11.0. The number of thioether (sulfide) groups is 2. The molecule has 1 heterocycles. The first-order valence-corrected chi connectivity index (χ1v) is 9.47. The molecule has 10 heteroatoms. The van der Waals surface area contributed by atoms with Crippen LogP contribution in [-0.4, -0.2) is 33.0 Å². The number of hydrogen-bond acceptors (Lipinski definition) is 7. The van der Waals surface area contributed by atoms with Crippen LogP contribution in [0.5, 0.6) is 0 Å². The zero-order valence-electron chi connectivity index (χ0n) is 12.0. The molecule has 23 heavy (non-hydrogen) atoms. The Morgan fingerprint density at radius 2 is 1.96 bits per heavy atom. The van der Waals surface area contributed by atoms with Gasteiger partial charge in [-0.1, -0.05) is 46.5 Å². The Morgan fingerprint density at radius 3 is 2.61 bits per heavy atom. The number of rotatable bonds is 7. The predicted octanol–water partition coefficient (Wildman–Crippen LogP) is 2.89. The van der Waals surface area contributed by atoms with E-state index in [0.29, 0.717) is 19.4 Å². The van der Waals surface area contributed by atoms with Crippen molar-refractivity contribution in [2.24, 2.45) is 5.73 Å². The van der Waals surface area contributed by atoms with Crippen molar-refractivity contribution in [3.63, 3.8) is 0 Å². The number of nitrogens with zero attached hydrogens (tertiary/aromatic N) is 2. The SMILES string of the molecule is CC(Sc1nnc(SCC(N)=O)s1)C(=O)Nc1ccc(Cl)cc1. The smallest absolute Gasteiger partial charge is 0.237 e. The maximum atomic E-state index is 12.1. The van der Waals surface area contributed by atoms with Gasteiger partial charge in [-0.2, -0.15) is 0 Å². The Bertz CT molecular complexity index is 693. The molecule has 1 aromatic carbocycles. The maximum Gasteiger partial charge on any atom is 0.237 e. The molecule has 3 N–H and O–H groups in total. The zero-order chi connectivity index (χ0) is 16.8. The van der Waals surface area contributed by atoms with Gasteiger partial charge in [0.1, 0.15) is 0 Å². The number of aromatic nitrogens is 2. The number of benzene rings is 1. The standard InChI is InChI=1S/C13H13ClN4O2S3/c1-7(11(20)16-9-4-2-8(14)3-5-9)22-13-18-17-12(23-13)21-6-10(15)19/h2-5,7H,6H2,1H3,(H2,15,19)(H,16,20). The van der Waals surface area contributed by atoms with Gasteiger partial charge >= 0.3 is 0 Å². The lowest BCUT2D eigenvalue weighted by molar-refractivity contribution is -0.116. The minimum Gasteiger partial charge on any atom is -0.369 e. The number of primary amides is 1. The zero-order valence-corrected chi connectivity index (χ0v) is 15.2. The summed E-state index contributed by atoms with van der Waals surface area (Å²) in [5.74, 6) is -0.389. The molecule has 1 aromatic heterocycles. The first-order valence-electron chi connectivity index (χ1n) is 6.41. The van der Waals surface area contributed by atoms with Crippen molar-refractivity contribution >= 4 is 64.0 Å². The van der Waals surface area contributed by atoms with E-state index in [1.807, 2.05) is 0 Å². The van der Waals surface area contributed by atoms with Crippen LogP contribution in [0.4, 0.5) is 5.69 Å². The highest BCUT2D eigenvalue weighted by Gasteiger charge is 2.17. The highest BCUT2D eigenvalue weighted by Crippen LogP contribution is 2.31. The van der Waals surface area contributed by atoms with E-state index in [4.69, 9.17) is 17.3 Å². The topological polar surface area (TPSA) is 98.0 Å². The lowest BCUT2D eigenvalue weighted by atomic mass is 10.3. The Balaban J connectivity index is 1.88. The molecule has 0 saturated carbocycles. The Kier molecular flexibility index (Phi) is 6.70. The van der Waals surface area contributed by atoms with Crippen LogP contribution in [0.1, 0.15) is 6.92 Å². The van der Waals surface area contributed by atoms with Gasteiger partial charge in [0, 0.05) is 10.7 Å². The quantitative estimate of drug-likeness (QED) is 0.707. The highest BCUT2D eigenvalue weighted by molar-refractivity contribution is 8.04. The molecule has 0 radical (unpaired) electrons. The second-order valence-electron chi connectivity index (χ2n) is 4.35. The van der Waals surface area contributed by atoms with Crippen LogP contribution < -0.4 is 11.1 Å². The van der Waals surface area contributed by atoms with Crippen molar-refractivity contribution in [1.82, 2.24) is 10.2 Å². The van der Waals surface area contributed by atoms with Gasteiger partial charge in [0.25, 0.3) is 0 Å². The molecule has 1 unspecified atom stereocenters. The molecule has 0 saturated heterocycles. The third kappa shape index (κ3) is 6.02. The molecule has 2 rings (SSSR count). The van der Waals surface area contributed by atoms with E-state index in [0.717, 1.165) is 0 Å². The van der Waals surface area contributed by atoms with E-state index < -0.39 is 5.91 Å². The molecule has 122 valence electrons. The number of anilines is 1. The molecule has 0 bridgehead atoms. The van der Waals surface area contributed by atoms with Gasteiger partial charge in [-0.3, -0.25) is 9.59 Å². The van der Waals surface area contributed by atoms with Crippen LogP contribution >= 0.6 is 46.5 Å². The highest BCUT2D eigenvalue weighted by atomic mass is 35.5. The van der Waals surface area contributed by atoms with E-state index in [2.05, 4.69) is 15.5 Å². The largest absolute Gasteiger partial charge is 0.369 e. The maximum absolute atomic E-state index is 12.1. The number of halogens is 1. The second kappa shape index (κ2) is 8.53. The van der Waals surface area contributed by atoms with Gasteiger partial charge < -0.3 is 11.1 Å². The van der Waals surface area contributed by atoms with Crippen molar-refractivity contribution in [1.29, 1.82) is 0 Å². The summed E-state index contributed by atoms with van der Waals surface area (Å²) < 4.78 is 1.31. The number of carbonyl (C=O) groups excluding carboxylic acids is 2. The number of amides is 2. The lowest BCUT2D eigenvalue weighted by Crippen LogP contribution is -2.22. The van der Waals surface area contributed by atoms with Crippen LogP contribution in [0.25, 0.3) is 0 Å². The number of nitrogens with two attached hydrogens (primary N) is 1. The molecule has 2 amide bonds. The van der Waals surface area contributed by atoms with E-state index >= 15 is 0 Å². The number of nitrogens with one attached hydrogen (secondary N) is 1. The summed E-state index contributed by atoms with van der Waals surface area (Å²) in [6.07, 6.45) is 0. The van der Waals surface area contributed by atoms with E-state index in [1.54, 1.807) is 31.2 Å². The Morgan fingerprint density at radius 1 is 1.30 bits per heavy atom. The lowest BCUT2D eigenvalue weighted by Gasteiger charge is -2.10. The number of hydrogen-bond donors (Lipinski definition) is 2. The van der Waals surface area contributed by atoms with Gasteiger partial charge in [0.05, 0.1) is 11.0 Å². The molecule has 0 spiro atoms. The minimum atomic E-state index is -0.407. The summed E-state index contributed by atoms with van der Waals surface area (Å²) in [5.41, 5.74) is 5.76. The normalized spacial score (nSPS) is 11.9. The fourth-order valence-corrected chi connectivity index (χ4v) is 4.45.